The molecular formula is C83H123N3O14. The number of amides is 3. The highest BCUT2D eigenvalue weighted by atomic mass is 16.7. The quantitative estimate of drug-likeness (QED) is 0.0208. The molecule has 4 aliphatic carbocycles. The maximum atomic E-state index is 13.6. The number of alkyl carbamates (subject to hydrolysis) is 1. The lowest BCUT2D eigenvalue weighted by atomic mass is 9.44. The number of unbranched alkanes of at least 4 members (excludes halogenated alkanes) is 14. The summed E-state index contributed by atoms with van der Waals surface area (Å²) in [6, 6.07) is 25.4. The first-order valence-corrected chi connectivity index (χ1v) is 39.0. The Hall–Kier alpha value is -6.14. The monoisotopic (exact) mass is 1390 g/mol. The topological polar surface area (TPSA) is 212 Å². The third-order valence-corrected chi connectivity index (χ3v) is 23.1. The summed E-state index contributed by atoms with van der Waals surface area (Å²) < 4.78 is 48.0. The predicted octanol–water partition coefficient (Wildman–Crippen LogP) is 16.7. The first-order chi connectivity index (χ1) is 48.7. The van der Waals surface area contributed by atoms with E-state index in [1.807, 2.05) is 0 Å². The van der Waals surface area contributed by atoms with Gasteiger partial charge < -0.3 is 53.8 Å². The fourth-order valence-corrected chi connectivity index (χ4v) is 17.4. The molecule has 3 aromatic rings. The summed E-state index contributed by atoms with van der Waals surface area (Å²) in [4.78, 5) is 78.9. The van der Waals surface area contributed by atoms with Gasteiger partial charge in [0.15, 0.2) is 12.4 Å². The maximum absolute atomic E-state index is 13.6. The summed E-state index contributed by atoms with van der Waals surface area (Å²) in [5.41, 5.74) is 1.55. The van der Waals surface area contributed by atoms with Gasteiger partial charge in [-0.3, -0.25) is 9.59 Å². The number of benzene rings is 3. The van der Waals surface area contributed by atoms with E-state index in [9.17, 15) is 28.8 Å². The average Bonchev–Trinajstić information content (AvgIpc) is 1.40. The van der Waals surface area contributed by atoms with Gasteiger partial charge in [-0.25, -0.2) is 19.2 Å². The van der Waals surface area contributed by atoms with Crippen LogP contribution in [0.1, 0.15) is 252 Å². The molecule has 0 bridgehead atoms. The summed E-state index contributed by atoms with van der Waals surface area (Å²) in [7, 11) is 0. The lowest BCUT2D eigenvalue weighted by Crippen LogP contribution is -2.58. The number of rotatable bonds is 44. The third kappa shape index (κ3) is 24.8. The standard InChI is InChI=1S/C83H123N3O14/c1-6-7-8-9-10-11-12-13-14-15-16-17-18-19-20-32-52-86-81(92)97-67-47-49-82(4)66(59-67)42-43-68-70-45-44-69(83(70,5)50-48-71(68)82)61(2)41-46-74(88)84-51-33-24-31-40-73(87)85-53-54-93-55-56-94-57-58-95-80-62(3)75(99-78(90)64-36-27-22-28-37-64)76(100-79(91)65-38-29-23-30-39-65)72(98-80)60-96-77(89)63-34-25-21-26-35-63/h13-14,21-23,25-30,34-39,61-62,66-72,75-76,80H,6-12,15-20,24,31-33,40-60H2,1-5H3,(H,84,88)(H,85,87)(H,86,92)/b14-13-/t61-,62?,66?,67-,68?,69-,70?,71?,72?,75-,76+,80-,82+,83-/m1/s1. The van der Waals surface area contributed by atoms with Crippen LogP contribution in [0.4, 0.5) is 4.79 Å². The number of allylic oxidation sites excluding steroid dienone is 2. The number of carbonyl (C=O) groups excluding carboxylic acids is 6. The average molecular weight is 1390 g/mol. The van der Waals surface area contributed by atoms with Crippen molar-refractivity contribution in [1.82, 2.24) is 16.0 Å². The van der Waals surface area contributed by atoms with Crippen molar-refractivity contribution in [2.75, 3.05) is 59.3 Å². The van der Waals surface area contributed by atoms with Gasteiger partial charge in [0.2, 0.25) is 11.8 Å². The highest BCUT2D eigenvalue weighted by Crippen LogP contribution is 2.68. The van der Waals surface area contributed by atoms with Crippen LogP contribution in [0.25, 0.3) is 0 Å². The second-order valence-electron chi connectivity index (χ2n) is 30.0. The van der Waals surface area contributed by atoms with Crippen molar-refractivity contribution >= 4 is 35.8 Å². The van der Waals surface area contributed by atoms with Crippen molar-refractivity contribution in [2.45, 2.75) is 252 Å². The zero-order valence-corrected chi connectivity index (χ0v) is 61.3. The van der Waals surface area contributed by atoms with E-state index in [2.05, 4.69) is 55.8 Å². The summed E-state index contributed by atoms with van der Waals surface area (Å²) in [6.45, 7) is 14.1. The first kappa shape index (κ1) is 79.6. The smallest absolute Gasteiger partial charge is 0.407 e. The summed E-state index contributed by atoms with van der Waals surface area (Å²) >= 11 is 0. The second-order valence-corrected chi connectivity index (χ2v) is 30.0. The van der Waals surface area contributed by atoms with Crippen molar-refractivity contribution in [3.8, 4) is 0 Å². The fraction of sp³-hybridized carbons (Fsp3) is 0.687. The van der Waals surface area contributed by atoms with E-state index in [4.69, 9.17) is 37.9 Å². The highest BCUT2D eigenvalue weighted by Gasteiger charge is 2.61. The predicted molar refractivity (Wildman–Crippen MR) is 389 cm³/mol. The lowest BCUT2D eigenvalue weighted by molar-refractivity contribution is -0.282. The molecule has 0 spiro atoms. The van der Waals surface area contributed by atoms with Gasteiger partial charge >= 0.3 is 24.0 Å². The van der Waals surface area contributed by atoms with Crippen LogP contribution in [0, 0.1) is 52.3 Å². The molecule has 1 aliphatic heterocycles. The number of fused-ring (bicyclic) bond motifs is 5. The zero-order valence-electron chi connectivity index (χ0n) is 61.3. The van der Waals surface area contributed by atoms with Crippen molar-refractivity contribution < 1.29 is 66.7 Å². The number of esters is 3. The summed E-state index contributed by atoms with van der Waals surface area (Å²) in [6.07, 6.45) is 33.3. The molecule has 3 amide bonds. The number of nitrogens with one attached hydrogen (secondary N) is 3. The minimum atomic E-state index is -1.19. The molecule has 17 heteroatoms. The van der Waals surface area contributed by atoms with E-state index in [1.54, 1.807) is 97.9 Å². The number of hydrogen-bond acceptors (Lipinski definition) is 14. The van der Waals surface area contributed by atoms with E-state index >= 15 is 0 Å². The Bertz CT molecular complexity index is 2920. The second kappa shape index (κ2) is 43.1. The number of carbonyl (C=O) groups is 6. The summed E-state index contributed by atoms with van der Waals surface area (Å²) in [5.74, 6) is 1.56. The van der Waals surface area contributed by atoms with Crippen molar-refractivity contribution in [3.63, 3.8) is 0 Å². The molecule has 1 saturated heterocycles. The molecule has 14 atom stereocenters. The van der Waals surface area contributed by atoms with Crippen molar-refractivity contribution in [1.29, 1.82) is 0 Å². The van der Waals surface area contributed by atoms with Crippen LogP contribution in [-0.2, 0) is 47.5 Å². The van der Waals surface area contributed by atoms with Crippen LogP contribution in [0.2, 0.25) is 0 Å². The zero-order chi connectivity index (χ0) is 70.8. The van der Waals surface area contributed by atoms with Crippen LogP contribution in [0.15, 0.2) is 103 Å². The number of hydrogen-bond donors (Lipinski definition) is 3. The van der Waals surface area contributed by atoms with E-state index in [0.717, 1.165) is 75.5 Å². The largest absolute Gasteiger partial charge is 0.459 e. The van der Waals surface area contributed by atoms with Gasteiger partial charge in [-0.05, 0) is 192 Å². The lowest BCUT2D eigenvalue weighted by Gasteiger charge is -2.61. The maximum Gasteiger partial charge on any atom is 0.407 e. The third-order valence-electron chi connectivity index (χ3n) is 23.1. The summed E-state index contributed by atoms with van der Waals surface area (Å²) in [5, 5.41) is 9.18. The van der Waals surface area contributed by atoms with Crippen LogP contribution in [-0.4, -0.2) is 126 Å². The first-order valence-electron chi connectivity index (χ1n) is 39.0. The Morgan fingerprint density at radius 2 is 1.08 bits per heavy atom. The molecule has 8 rings (SSSR count). The Labute approximate surface area is 598 Å². The van der Waals surface area contributed by atoms with Gasteiger partial charge in [-0.2, -0.15) is 0 Å². The molecule has 1 heterocycles. The molecule has 5 fully saturated rings. The molecule has 100 heavy (non-hydrogen) atoms. The normalized spacial score (nSPS) is 26.5. The molecule has 0 radical (unpaired) electrons. The van der Waals surface area contributed by atoms with Gasteiger partial charge in [-0.15, -0.1) is 0 Å². The van der Waals surface area contributed by atoms with Gasteiger partial charge in [0.1, 0.15) is 24.9 Å². The Balaban J connectivity index is 0.634. The molecule has 3 aromatic carbocycles. The minimum absolute atomic E-state index is 0.0274. The van der Waals surface area contributed by atoms with Crippen molar-refractivity contribution in [2.24, 2.45) is 52.3 Å². The van der Waals surface area contributed by atoms with Gasteiger partial charge in [0, 0.05) is 38.4 Å². The molecule has 3 N–H and O–H groups in total. The molecule has 17 nitrogen and oxygen atoms in total. The molecule has 5 aliphatic rings. The van der Waals surface area contributed by atoms with E-state index in [-0.39, 0.29) is 56.0 Å². The van der Waals surface area contributed by atoms with Gasteiger partial charge in [-0.1, -0.05) is 166 Å². The molecule has 0 aromatic heterocycles. The SMILES string of the molecule is CCCCCCCC/C=C\CCCCCCCCNC(=O)O[C@@H]1CC[C@@]2(C)C(CCC3C2CC[C@@]2(C)C3CC[C@@H]2[C@H](C)CCC(=O)NCCCCCC(=O)NCCOCCOCCO[C@@H]2OC(COC(=O)c3ccccc3)[C@H](OC(=O)c3ccccc3)[C@H](OC(=O)c3ccccc3)C2C)C1. The van der Waals surface area contributed by atoms with Crippen LogP contribution >= 0.6 is 0 Å². The minimum Gasteiger partial charge on any atom is -0.459 e. The molecule has 554 valence electrons. The van der Waals surface area contributed by atoms with E-state index < -0.39 is 48.4 Å². The molecule has 6 unspecified atom stereocenters. The van der Waals surface area contributed by atoms with E-state index in [1.165, 1.54) is 116 Å². The van der Waals surface area contributed by atoms with Crippen LogP contribution in [0.5, 0.6) is 0 Å². The van der Waals surface area contributed by atoms with E-state index in [0.29, 0.717) is 85.4 Å². The Morgan fingerprint density at radius 3 is 1.74 bits per heavy atom. The highest BCUT2D eigenvalue weighted by molar-refractivity contribution is 5.91. The van der Waals surface area contributed by atoms with Gasteiger partial charge in [0.05, 0.1) is 49.7 Å². The van der Waals surface area contributed by atoms with Gasteiger partial charge in [0.25, 0.3) is 0 Å². The Morgan fingerprint density at radius 1 is 0.540 bits per heavy atom. The number of ether oxygens (including phenoxy) is 8. The van der Waals surface area contributed by atoms with Crippen LogP contribution < -0.4 is 16.0 Å². The Kier molecular flexibility index (Phi) is 34.3. The molecule has 4 saturated carbocycles. The molecular weight excluding hydrogens is 1260 g/mol. The van der Waals surface area contributed by atoms with Crippen LogP contribution in [0.3, 0.4) is 0 Å². The fourth-order valence-electron chi connectivity index (χ4n) is 17.4. The van der Waals surface area contributed by atoms with Crippen molar-refractivity contribution in [3.05, 3.63) is 120 Å².